The molecule has 0 bridgehead atoms. The number of aromatic nitrogens is 2. The topological polar surface area (TPSA) is 141 Å². The van der Waals surface area contributed by atoms with Crippen molar-refractivity contribution in [2.75, 3.05) is 29.2 Å². The van der Waals surface area contributed by atoms with E-state index in [0.717, 1.165) is 0 Å². The quantitative estimate of drug-likeness (QED) is 0.358. The zero-order valence-corrected chi connectivity index (χ0v) is 12.4. The van der Waals surface area contributed by atoms with Gasteiger partial charge in [0.2, 0.25) is 0 Å². The fourth-order valence-corrected chi connectivity index (χ4v) is 3.97. The number of nitrogen functional groups attached to an aromatic ring is 1. The second-order valence-corrected chi connectivity index (χ2v) is 6.93. The highest BCUT2D eigenvalue weighted by atomic mass is 31.2. The maximum atomic E-state index is 9.76. The van der Waals surface area contributed by atoms with E-state index in [-0.39, 0.29) is 6.61 Å². The van der Waals surface area contributed by atoms with Gasteiger partial charge < -0.3 is 26.4 Å². The van der Waals surface area contributed by atoms with Crippen LogP contribution in [0.15, 0.2) is 6.33 Å². The fourth-order valence-electron chi connectivity index (χ4n) is 2.92. The highest BCUT2D eigenvalue weighted by Crippen LogP contribution is 2.57. The molecular formula is C10H15BN6O4P+. The van der Waals surface area contributed by atoms with E-state index < -0.39 is 32.3 Å². The molecule has 3 aliphatic rings. The van der Waals surface area contributed by atoms with E-state index in [4.69, 9.17) is 32.8 Å². The summed E-state index contributed by atoms with van der Waals surface area (Å²) in [7, 11) is 2.22. The Morgan fingerprint density at radius 3 is 3.14 bits per heavy atom. The third-order valence-corrected chi connectivity index (χ3v) is 5.01. The Kier molecular flexibility index (Phi) is 3.19. The third-order valence-electron chi connectivity index (χ3n) is 3.95. The molecule has 1 aromatic heterocycles. The Labute approximate surface area is 128 Å². The van der Waals surface area contributed by atoms with Gasteiger partial charge in [-0.15, -0.1) is 0 Å². The molecule has 0 spiro atoms. The third kappa shape index (κ3) is 2.13. The number of nitrogens with two attached hydrogens (primary N) is 2. The first-order valence-corrected chi connectivity index (χ1v) is 8.36. The van der Waals surface area contributed by atoms with Gasteiger partial charge in [-0.25, -0.2) is 14.9 Å². The number of hydrogen-bond donors (Lipinski definition) is 4. The van der Waals surface area contributed by atoms with Gasteiger partial charge in [0.15, 0.2) is 24.0 Å². The molecule has 12 heteroatoms. The van der Waals surface area contributed by atoms with Gasteiger partial charge in [-0.2, -0.15) is 9.05 Å². The van der Waals surface area contributed by atoms with Crippen molar-refractivity contribution in [1.29, 1.82) is 0 Å². The lowest BCUT2D eigenvalue weighted by molar-refractivity contribution is -0.0430. The van der Waals surface area contributed by atoms with Crippen LogP contribution in [0.2, 0.25) is 0 Å². The lowest BCUT2D eigenvalue weighted by Gasteiger charge is -2.28. The summed E-state index contributed by atoms with van der Waals surface area (Å²) in [4.78, 5) is 19.8. The zero-order chi connectivity index (χ0) is 15.5. The van der Waals surface area contributed by atoms with Crippen LogP contribution in [0.5, 0.6) is 0 Å². The SMILES string of the molecule is [B][P+]1(O)OCC2OC(N3CNc4c(N)ncnc43)C(N)[C@@H]2O1. The van der Waals surface area contributed by atoms with Gasteiger partial charge in [0, 0.05) is 0 Å². The van der Waals surface area contributed by atoms with Crippen molar-refractivity contribution in [3.8, 4) is 0 Å². The molecule has 5 atom stereocenters. The summed E-state index contributed by atoms with van der Waals surface area (Å²) in [6.45, 7) is 0.564. The number of nitrogens with one attached hydrogen (secondary N) is 1. The van der Waals surface area contributed by atoms with Crippen LogP contribution in [-0.2, 0) is 13.8 Å². The minimum atomic E-state index is -3.32. The summed E-state index contributed by atoms with van der Waals surface area (Å²) in [6.07, 6.45) is -0.0528. The molecule has 22 heavy (non-hydrogen) atoms. The molecule has 0 saturated carbocycles. The highest BCUT2D eigenvalue weighted by Gasteiger charge is 2.57. The van der Waals surface area contributed by atoms with Crippen LogP contribution in [-0.4, -0.2) is 60.2 Å². The first kappa shape index (κ1) is 14.4. The van der Waals surface area contributed by atoms with Gasteiger partial charge in [0.05, 0.1) is 12.7 Å². The van der Waals surface area contributed by atoms with Gasteiger partial charge in [-0.05, 0) is 0 Å². The molecule has 2 saturated heterocycles. The summed E-state index contributed by atoms with van der Waals surface area (Å²) in [6, 6.07) is -0.520. The highest BCUT2D eigenvalue weighted by molar-refractivity contribution is 7.85. The predicted molar refractivity (Wildman–Crippen MR) is 79.8 cm³/mol. The molecule has 2 fully saturated rings. The van der Waals surface area contributed by atoms with E-state index in [1.807, 2.05) is 4.90 Å². The Balaban J connectivity index is 1.60. The van der Waals surface area contributed by atoms with E-state index in [0.29, 0.717) is 24.0 Å². The van der Waals surface area contributed by atoms with Crippen molar-refractivity contribution in [2.45, 2.75) is 24.5 Å². The molecule has 10 nitrogen and oxygen atoms in total. The Morgan fingerprint density at radius 1 is 1.50 bits per heavy atom. The number of hydrogen-bond acceptors (Lipinski definition) is 10. The number of anilines is 3. The van der Waals surface area contributed by atoms with Crippen LogP contribution in [0.3, 0.4) is 0 Å². The maximum absolute atomic E-state index is 9.76. The van der Waals surface area contributed by atoms with Crippen molar-refractivity contribution < 1.29 is 18.7 Å². The summed E-state index contributed by atoms with van der Waals surface area (Å²) >= 11 is 0. The predicted octanol–water partition coefficient (Wildman–Crippen LogP) is -1.45. The summed E-state index contributed by atoms with van der Waals surface area (Å²) in [5, 5.41) is 3.11. The van der Waals surface area contributed by atoms with E-state index >= 15 is 0 Å². The van der Waals surface area contributed by atoms with E-state index in [1.54, 1.807) is 0 Å². The van der Waals surface area contributed by atoms with Crippen LogP contribution in [0.4, 0.5) is 17.3 Å². The minimum absolute atomic E-state index is 0.135. The largest absolute Gasteiger partial charge is 0.488 e. The van der Waals surface area contributed by atoms with Crippen LogP contribution >= 0.6 is 7.82 Å². The number of ether oxygens (including phenoxy) is 1. The molecule has 0 aliphatic carbocycles. The smallest absolute Gasteiger partial charge is 0.382 e. The number of nitrogens with zero attached hydrogens (tertiary/aromatic N) is 3. The fraction of sp³-hybridized carbons (Fsp3) is 0.600. The van der Waals surface area contributed by atoms with E-state index in [2.05, 4.69) is 15.3 Å². The number of rotatable bonds is 1. The second-order valence-electron chi connectivity index (χ2n) is 5.33. The Hall–Kier alpha value is -1.23. The molecule has 6 N–H and O–H groups in total. The zero-order valence-electron chi connectivity index (χ0n) is 11.5. The molecule has 0 aromatic carbocycles. The molecule has 4 rings (SSSR count). The first-order chi connectivity index (χ1) is 10.5. The standard InChI is InChI=1S/C10H15BN6O4P/c11-22(18)19-1-4-7(21-22)5(12)10(20-4)17-3-16-6-8(13)14-2-15-9(6)17/h2,4-5,7,10,16,18H,1,3,12H2,(H2,13,14,15)/q+1/t4?,5?,7-,10?,22?/m1/s1. The first-order valence-electron chi connectivity index (χ1n) is 6.71. The van der Waals surface area contributed by atoms with E-state index in [1.165, 1.54) is 6.33 Å². The van der Waals surface area contributed by atoms with Crippen molar-refractivity contribution in [2.24, 2.45) is 5.73 Å². The van der Waals surface area contributed by atoms with Crippen LogP contribution in [0.1, 0.15) is 0 Å². The van der Waals surface area contributed by atoms with Crippen molar-refractivity contribution in [3.05, 3.63) is 6.33 Å². The van der Waals surface area contributed by atoms with Crippen molar-refractivity contribution in [3.63, 3.8) is 0 Å². The minimum Gasteiger partial charge on any atom is -0.382 e. The molecule has 4 unspecified atom stereocenters. The van der Waals surface area contributed by atoms with Gasteiger partial charge in [-0.1, -0.05) is 0 Å². The lowest BCUT2D eigenvalue weighted by atomic mass is 10.1. The molecule has 1 aromatic rings. The summed E-state index contributed by atoms with van der Waals surface area (Å²) in [5.41, 5.74) is 12.7. The van der Waals surface area contributed by atoms with Crippen LogP contribution in [0, 0.1) is 0 Å². The Morgan fingerprint density at radius 2 is 2.32 bits per heavy atom. The maximum Gasteiger partial charge on any atom is 0.488 e. The lowest BCUT2D eigenvalue weighted by Crippen LogP contribution is -2.50. The molecule has 116 valence electrons. The normalized spacial score (nSPS) is 40.2. The van der Waals surface area contributed by atoms with Crippen molar-refractivity contribution in [1.82, 2.24) is 9.97 Å². The second kappa shape index (κ2) is 4.88. The number of fused-ring (bicyclic) bond motifs is 2. The average molecular weight is 325 g/mol. The Bertz CT molecular complexity index is 609. The van der Waals surface area contributed by atoms with Gasteiger partial charge in [0.25, 0.3) is 0 Å². The van der Waals surface area contributed by atoms with Gasteiger partial charge in [0.1, 0.15) is 24.7 Å². The molecule has 0 amide bonds. The summed E-state index contributed by atoms with van der Waals surface area (Å²) < 4.78 is 16.4. The summed E-state index contributed by atoms with van der Waals surface area (Å²) in [5.74, 6) is 0.976. The van der Waals surface area contributed by atoms with Gasteiger partial charge >= 0.3 is 15.4 Å². The molecule has 2 radical (unpaired) electrons. The molecule has 4 heterocycles. The van der Waals surface area contributed by atoms with Crippen LogP contribution in [0.25, 0.3) is 0 Å². The molecule has 3 aliphatic heterocycles. The molecular weight excluding hydrogens is 310 g/mol. The monoisotopic (exact) mass is 325 g/mol. The van der Waals surface area contributed by atoms with Crippen molar-refractivity contribution >= 4 is 32.7 Å². The van der Waals surface area contributed by atoms with Crippen LogP contribution < -0.4 is 21.7 Å². The van der Waals surface area contributed by atoms with Gasteiger partial charge in [-0.3, -0.25) is 0 Å². The average Bonchev–Trinajstić information content (AvgIpc) is 3.01. The van der Waals surface area contributed by atoms with E-state index in [9.17, 15) is 4.89 Å².